The standard InChI is InChI=1S/C17H16N4O4/c1-9-16(23)21-13-8-11(6-7-14(13)25-9)19-17(24)12-4-3-5-15(20-12)18-10(2)22/h3-9H,1-2H3,(H,19,24)(H,21,23)(H,18,20,22)/t9-/m0/s1. The third-order valence-electron chi connectivity index (χ3n) is 3.45. The number of ether oxygens (including phenoxy) is 1. The quantitative estimate of drug-likeness (QED) is 0.792. The molecule has 1 aromatic heterocycles. The summed E-state index contributed by atoms with van der Waals surface area (Å²) < 4.78 is 5.46. The number of rotatable bonds is 3. The second kappa shape index (κ2) is 6.60. The van der Waals surface area contributed by atoms with E-state index in [1.807, 2.05) is 0 Å². The second-order valence-electron chi connectivity index (χ2n) is 5.50. The van der Waals surface area contributed by atoms with Crippen LogP contribution in [0.15, 0.2) is 36.4 Å². The highest BCUT2D eigenvalue weighted by Gasteiger charge is 2.23. The van der Waals surface area contributed by atoms with Crippen LogP contribution >= 0.6 is 0 Å². The Hall–Kier alpha value is -3.42. The summed E-state index contributed by atoms with van der Waals surface area (Å²) in [6.45, 7) is 3.01. The number of fused-ring (bicyclic) bond motifs is 1. The van der Waals surface area contributed by atoms with Crippen molar-refractivity contribution in [1.82, 2.24) is 4.98 Å². The number of carbonyl (C=O) groups excluding carboxylic acids is 3. The lowest BCUT2D eigenvalue weighted by molar-refractivity contribution is -0.122. The first-order valence-corrected chi connectivity index (χ1v) is 7.60. The zero-order chi connectivity index (χ0) is 18.0. The highest BCUT2D eigenvalue weighted by molar-refractivity contribution is 6.04. The maximum Gasteiger partial charge on any atom is 0.274 e. The average Bonchev–Trinajstić information content (AvgIpc) is 2.56. The summed E-state index contributed by atoms with van der Waals surface area (Å²) in [5.41, 5.74) is 1.12. The summed E-state index contributed by atoms with van der Waals surface area (Å²) in [5, 5.41) is 7.93. The second-order valence-corrected chi connectivity index (χ2v) is 5.50. The van der Waals surface area contributed by atoms with Crippen LogP contribution in [0.5, 0.6) is 5.75 Å². The van der Waals surface area contributed by atoms with Crippen LogP contribution in [0, 0.1) is 0 Å². The van der Waals surface area contributed by atoms with Gasteiger partial charge in [0.25, 0.3) is 11.8 Å². The SMILES string of the molecule is CC(=O)Nc1cccc(C(=O)Nc2ccc3c(c2)NC(=O)[C@H](C)O3)n1. The Kier molecular flexibility index (Phi) is 4.34. The minimum absolute atomic E-state index is 0.151. The maximum absolute atomic E-state index is 12.3. The minimum Gasteiger partial charge on any atom is -0.479 e. The number of pyridine rings is 1. The molecule has 3 rings (SSSR count). The van der Waals surface area contributed by atoms with Crippen LogP contribution in [0.3, 0.4) is 0 Å². The summed E-state index contributed by atoms with van der Waals surface area (Å²) in [6, 6.07) is 9.68. The lowest BCUT2D eigenvalue weighted by Gasteiger charge is -2.23. The van der Waals surface area contributed by atoms with Gasteiger partial charge in [-0.1, -0.05) is 6.07 Å². The molecule has 3 amide bonds. The van der Waals surface area contributed by atoms with E-state index in [0.29, 0.717) is 22.9 Å². The number of anilines is 3. The van der Waals surface area contributed by atoms with E-state index in [2.05, 4.69) is 20.9 Å². The molecule has 0 fully saturated rings. The molecule has 1 aromatic carbocycles. The summed E-state index contributed by atoms with van der Waals surface area (Å²) >= 11 is 0. The van der Waals surface area contributed by atoms with Crippen molar-refractivity contribution in [2.45, 2.75) is 20.0 Å². The molecule has 0 spiro atoms. The monoisotopic (exact) mass is 340 g/mol. The third-order valence-corrected chi connectivity index (χ3v) is 3.45. The molecule has 0 saturated carbocycles. The fraction of sp³-hybridized carbons (Fsp3) is 0.176. The average molecular weight is 340 g/mol. The van der Waals surface area contributed by atoms with Gasteiger partial charge in [0.1, 0.15) is 17.3 Å². The first-order chi connectivity index (χ1) is 11.9. The first-order valence-electron chi connectivity index (χ1n) is 7.60. The molecule has 1 aliphatic heterocycles. The number of nitrogens with one attached hydrogen (secondary N) is 3. The Morgan fingerprint density at radius 1 is 1.20 bits per heavy atom. The minimum atomic E-state index is -0.561. The predicted molar refractivity (Wildman–Crippen MR) is 91.7 cm³/mol. The van der Waals surface area contributed by atoms with E-state index in [1.54, 1.807) is 37.3 Å². The van der Waals surface area contributed by atoms with Gasteiger partial charge in [-0.15, -0.1) is 0 Å². The number of carbonyl (C=O) groups is 3. The number of benzene rings is 1. The molecule has 2 aromatic rings. The van der Waals surface area contributed by atoms with Crippen molar-refractivity contribution in [2.24, 2.45) is 0 Å². The highest BCUT2D eigenvalue weighted by Crippen LogP contribution is 2.32. The smallest absolute Gasteiger partial charge is 0.274 e. The molecule has 3 N–H and O–H groups in total. The van der Waals surface area contributed by atoms with Crippen LogP contribution in [-0.4, -0.2) is 28.8 Å². The molecule has 0 unspecified atom stereocenters. The molecule has 1 aliphatic rings. The molecule has 8 heteroatoms. The van der Waals surface area contributed by atoms with Crippen molar-refractivity contribution in [3.05, 3.63) is 42.1 Å². The van der Waals surface area contributed by atoms with Crippen LogP contribution in [0.1, 0.15) is 24.3 Å². The number of hydrogen-bond donors (Lipinski definition) is 3. The summed E-state index contributed by atoms with van der Waals surface area (Å²) in [4.78, 5) is 39.2. The molecule has 25 heavy (non-hydrogen) atoms. The summed E-state index contributed by atoms with van der Waals surface area (Å²) in [7, 11) is 0. The van der Waals surface area contributed by atoms with Crippen LogP contribution in [-0.2, 0) is 9.59 Å². The van der Waals surface area contributed by atoms with E-state index >= 15 is 0 Å². The number of hydrogen-bond acceptors (Lipinski definition) is 5. The Morgan fingerprint density at radius 3 is 2.76 bits per heavy atom. The van der Waals surface area contributed by atoms with Crippen molar-refractivity contribution in [3.63, 3.8) is 0 Å². The van der Waals surface area contributed by atoms with Crippen molar-refractivity contribution < 1.29 is 19.1 Å². The predicted octanol–water partition coefficient (Wildman–Crippen LogP) is 2.01. The van der Waals surface area contributed by atoms with Crippen molar-refractivity contribution in [2.75, 3.05) is 16.0 Å². The van der Waals surface area contributed by atoms with Gasteiger partial charge in [0.15, 0.2) is 6.10 Å². The van der Waals surface area contributed by atoms with Gasteiger partial charge < -0.3 is 20.7 Å². The van der Waals surface area contributed by atoms with Gasteiger partial charge in [-0.3, -0.25) is 14.4 Å². The zero-order valence-corrected chi connectivity index (χ0v) is 13.6. The zero-order valence-electron chi connectivity index (χ0n) is 13.6. The topological polar surface area (TPSA) is 109 Å². The molecule has 2 heterocycles. The van der Waals surface area contributed by atoms with Crippen LogP contribution in [0.4, 0.5) is 17.2 Å². The van der Waals surface area contributed by atoms with Gasteiger partial charge >= 0.3 is 0 Å². The lowest BCUT2D eigenvalue weighted by atomic mass is 10.2. The molecular weight excluding hydrogens is 324 g/mol. The molecule has 1 atom stereocenters. The van der Waals surface area contributed by atoms with Crippen molar-refractivity contribution >= 4 is 34.9 Å². The van der Waals surface area contributed by atoms with Gasteiger partial charge in [0.05, 0.1) is 5.69 Å². The van der Waals surface area contributed by atoms with Crippen LogP contribution in [0.25, 0.3) is 0 Å². The van der Waals surface area contributed by atoms with E-state index in [-0.39, 0.29) is 17.5 Å². The Labute approximate surface area is 143 Å². The highest BCUT2D eigenvalue weighted by atomic mass is 16.5. The fourth-order valence-electron chi connectivity index (χ4n) is 2.29. The molecule has 0 aliphatic carbocycles. The molecular formula is C17H16N4O4. The van der Waals surface area contributed by atoms with E-state index in [0.717, 1.165) is 0 Å². The van der Waals surface area contributed by atoms with Crippen molar-refractivity contribution in [1.29, 1.82) is 0 Å². The summed E-state index contributed by atoms with van der Waals surface area (Å²) in [5.74, 6) is -0.134. The summed E-state index contributed by atoms with van der Waals surface area (Å²) in [6.07, 6.45) is -0.561. The molecule has 0 radical (unpaired) electrons. The number of amides is 3. The number of aromatic nitrogens is 1. The van der Waals surface area contributed by atoms with E-state index in [9.17, 15) is 14.4 Å². The van der Waals surface area contributed by atoms with Crippen molar-refractivity contribution in [3.8, 4) is 5.75 Å². The van der Waals surface area contributed by atoms with Gasteiger partial charge in [-0.25, -0.2) is 4.98 Å². The molecule has 0 saturated heterocycles. The normalized spacial score (nSPS) is 15.4. The third kappa shape index (κ3) is 3.74. The lowest BCUT2D eigenvalue weighted by Crippen LogP contribution is -2.34. The van der Waals surface area contributed by atoms with Crippen LogP contribution < -0.4 is 20.7 Å². The van der Waals surface area contributed by atoms with Gasteiger partial charge in [-0.2, -0.15) is 0 Å². The maximum atomic E-state index is 12.3. The largest absolute Gasteiger partial charge is 0.479 e. The Bertz CT molecular complexity index is 865. The molecule has 8 nitrogen and oxygen atoms in total. The van der Waals surface area contributed by atoms with E-state index in [1.165, 1.54) is 13.0 Å². The van der Waals surface area contributed by atoms with Crippen LogP contribution in [0.2, 0.25) is 0 Å². The van der Waals surface area contributed by atoms with E-state index < -0.39 is 12.0 Å². The first kappa shape index (κ1) is 16.4. The Morgan fingerprint density at radius 2 is 2.00 bits per heavy atom. The fourth-order valence-corrected chi connectivity index (χ4v) is 2.29. The van der Waals surface area contributed by atoms with Gasteiger partial charge in [0, 0.05) is 12.6 Å². The molecule has 0 bridgehead atoms. The van der Waals surface area contributed by atoms with E-state index in [4.69, 9.17) is 4.74 Å². The Balaban J connectivity index is 1.76. The molecule has 128 valence electrons. The number of nitrogens with zero attached hydrogens (tertiary/aromatic N) is 1. The van der Waals surface area contributed by atoms with Gasteiger partial charge in [-0.05, 0) is 37.3 Å². The van der Waals surface area contributed by atoms with Gasteiger partial charge in [0.2, 0.25) is 5.91 Å².